The highest BCUT2D eigenvalue weighted by Crippen LogP contribution is 2.09. The molecule has 0 aromatic carbocycles. The van der Waals surface area contributed by atoms with Gasteiger partial charge in [0, 0.05) is 13.1 Å². The van der Waals surface area contributed by atoms with E-state index in [0.29, 0.717) is 6.54 Å². The van der Waals surface area contributed by atoms with E-state index in [4.69, 9.17) is 9.52 Å². The molecule has 1 rings (SSSR count). The van der Waals surface area contributed by atoms with Crippen molar-refractivity contribution in [3.8, 4) is 0 Å². The van der Waals surface area contributed by atoms with Gasteiger partial charge < -0.3 is 19.7 Å². The van der Waals surface area contributed by atoms with E-state index in [1.54, 1.807) is 13.0 Å². The Morgan fingerprint density at radius 1 is 1.36 bits per heavy atom. The predicted molar refractivity (Wildman–Crippen MR) is 79.3 cm³/mol. The quantitative estimate of drug-likeness (QED) is 0.755. The third-order valence-corrected chi connectivity index (χ3v) is 3.25. The normalized spacial score (nSPS) is 12.0. The summed E-state index contributed by atoms with van der Waals surface area (Å²) in [6, 6.07) is 2.37. The molecule has 0 saturated carbocycles. The Bertz CT molecular complexity index is 510. The Labute approximate surface area is 129 Å². The van der Waals surface area contributed by atoms with Crippen molar-refractivity contribution in [3.63, 3.8) is 0 Å². The molecular weight excluding hydrogens is 288 g/mol. The van der Waals surface area contributed by atoms with Gasteiger partial charge in [0.05, 0.1) is 12.7 Å². The number of rotatable bonds is 8. The fraction of sp³-hybridized carbons (Fsp3) is 0.533. The van der Waals surface area contributed by atoms with E-state index < -0.39 is 17.9 Å². The monoisotopic (exact) mass is 310 g/mol. The number of hydrogen-bond acceptors (Lipinski definition) is 4. The molecule has 1 aromatic heterocycles. The molecule has 0 bridgehead atoms. The molecule has 0 aliphatic carbocycles. The van der Waals surface area contributed by atoms with Crippen LogP contribution in [-0.2, 0) is 9.59 Å². The Balaban J connectivity index is 2.77. The van der Waals surface area contributed by atoms with Crippen LogP contribution in [0, 0.1) is 5.92 Å². The first-order valence-electron chi connectivity index (χ1n) is 7.21. The van der Waals surface area contributed by atoms with Crippen LogP contribution in [-0.4, -0.2) is 46.9 Å². The number of nitrogens with one attached hydrogen (secondary N) is 1. The van der Waals surface area contributed by atoms with E-state index in [1.807, 2.05) is 13.8 Å². The molecule has 0 aliphatic rings. The molecule has 0 fully saturated rings. The summed E-state index contributed by atoms with van der Waals surface area (Å²) in [5.74, 6) is -1.73. The average Bonchev–Trinajstić information content (AvgIpc) is 2.98. The predicted octanol–water partition coefficient (Wildman–Crippen LogP) is 1.36. The topological polar surface area (TPSA) is 99.9 Å². The van der Waals surface area contributed by atoms with Crippen molar-refractivity contribution in [2.75, 3.05) is 13.1 Å². The Hall–Kier alpha value is -2.31. The smallest absolute Gasteiger partial charge is 0.305 e. The summed E-state index contributed by atoms with van der Waals surface area (Å²) in [6.45, 7) is 5.90. The first-order valence-corrected chi connectivity index (χ1v) is 7.21. The molecule has 1 aromatic rings. The van der Waals surface area contributed by atoms with Crippen molar-refractivity contribution >= 4 is 17.8 Å². The molecule has 0 saturated heterocycles. The summed E-state index contributed by atoms with van der Waals surface area (Å²) < 4.78 is 5.01. The largest absolute Gasteiger partial charge is 0.481 e. The Morgan fingerprint density at radius 3 is 2.50 bits per heavy atom. The van der Waals surface area contributed by atoms with E-state index in [9.17, 15) is 14.4 Å². The zero-order chi connectivity index (χ0) is 16.7. The van der Waals surface area contributed by atoms with Gasteiger partial charge in [0.25, 0.3) is 5.91 Å². The molecule has 7 nitrogen and oxygen atoms in total. The summed E-state index contributed by atoms with van der Waals surface area (Å²) in [5, 5.41) is 11.4. The molecule has 1 atom stereocenters. The maximum atomic E-state index is 12.5. The fourth-order valence-electron chi connectivity index (χ4n) is 1.99. The number of carboxylic acids is 1. The number of aliphatic carboxylic acids is 1. The minimum Gasteiger partial charge on any atom is -0.481 e. The maximum absolute atomic E-state index is 12.5. The van der Waals surface area contributed by atoms with Gasteiger partial charge in [-0.3, -0.25) is 14.4 Å². The molecule has 1 heterocycles. The molecule has 2 amide bonds. The molecule has 122 valence electrons. The summed E-state index contributed by atoms with van der Waals surface area (Å²) in [4.78, 5) is 36.6. The Morgan fingerprint density at radius 2 is 2.05 bits per heavy atom. The zero-order valence-electron chi connectivity index (χ0n) is 13.0. The van der Waals surface area contributed by atoms with Crippen molar-refractivity contribution in [1.29, 1.82) is 0 Å². The van der Waals surface area contributed by atoms with Gasteiger partial charge in [0.15, 0.2) is 5.76 Å². The number of amides is 2. The zero-order valence-corrected chi connectivity index (χ0v) is 13.0. The highest BCUT2D eigenvalue weighted by Gasteiger charge is 2.29. The Kier molecular flexibility index (Phi) is 6.62. The summed E-state index contributed by atoms with van der Waals surface area (Å²) in [5.41, 5.74) is 0. The van der Waals surface area contributed by atoms with Crippen molar-refractivity contribution in [3.05, 3.63) is 24.2 Å². The van der Waals surface area contributed by atoms with Gasteiger partial charge >= 0.3 is 5.97 Å². The molecule has 0 spiro atoms. The number of carboxylic acid groups (broad SMARTS) is 1. The second kappa shape index (κ2) is 8.21. The van der Waals surface area contributed by atoms with Crippen LogP contribution in [0.4, 0.5) is 0 Å². The average molecular weight is 310 g/mol. The van der Waals surface area contributed by atoms with Gasteiger partial charge in [-0.1, -0.05) is 13.8 Å². The van der Waals surface area contributed by atoms with Crippen molar-refractivity contribution in [2.24, 2.45) is 5.92 Å². The van der Waals surface area contributed by atoms with Crippen LogP contribution >= 0.6 is 0 Å². The maximum Gasteiger partial charge on any atom is 0.305 e. The second-order valence-corrected chi connectivity index (χ2v) is 5.23. The van der Waals surface area contributed by atoms with Crippen molar-refractivity contribution in [2.45, 2.75) is 33.2 Å². The van der Waals surface area contributed by atoms with Gasteiger partial charge in [0.2, 0.25) is 5.91 Å². The number of nitrogens with zero attached hydrogens (tertiary/aromatic N) is 1. The SMILES string of the molecule is CCN(CCC(=O)O)C(=O)C(NC(=O)c1ccco1)C(C)C. The lowest BCUT2D eigenvalue weighted by Crippen LogP contribution is -2.51. The molecule has 7 heteroatoms. The molecule has 0 aliphatic heterocycles. The highest BCUT2D eigenvalue weighted by atomic mass is 16.4. The molecule has 22 heavy (non-hydrogen) atoms. The molecule has 0 radical (unpaired) electrons. The fourth-order valence-corrected chi connectivity index (χ4v) is 1.99. The van der Waals surface area contributed by atoms with Crippen LogP contribution in [0.25, 0.3) is 0 Å². The van der Waals surface area contributed by atoms with E-state index in [2.05, 4.69) is 5.32 Å². The van der Waals surface area contributed by atoms with Gasteiger partial charge in [0.1, 0.15) is 6.04 Å². The number of carbonyl (C=O) groups is 3. The number of likely N-dealkylation sites (N-methyl/N-ethyl adjacent to an activating group) is 1. The van der Waals surface area contributed by atoms with Crippen LogP contribution in [0.15, 0.2) is 22.8 Å². The van der Waals surface area contributed by atoms with Crippen LogP contribution in [0.5, 0.6) is 0 Å². The van der Waals surface area contributed by atoms with E-state index in [0.717, 1.165) is 0 Å². The van der Waals surface area contributed by atoms with Gasteiger partial charge in [-0.2, -0.15) is 0 Å². The van der Waals surface area contributed by atoms with Crippen molar-refractivity contribution < 1.29 is 23.9 Å². The van der Waals surface area contributed by atoms with E-state index >= 15 is 0 Å². The first-order chi connectivity index (χ1) is 10.4. The lowest BCUT2D eigenvalue weighted by atomic mass is 10.0. The number of furan rings is 1. The van der Waals surface area contributed by atoms with Crippen LogP contribution in [0.1, 0.15) is 37.7 Å². The lowest BCUT2D eigenvalue weighted by molar-refractivity contribution is -0.139. The summed E-state index contributed by atoms with van der Waals surface area (Å²) in [7, 11) is 0. The van der Waals surface area contributed by atoms with E-state index in [-0.39, 0.29) is 30.6 Å². The summed E-state index contributed by atoms with van der Waals surface area (Å²) in [6.07, 6.45) is 1.25. The summed E-state index contributed by atoms with van der Waals surface area (Å²) >= 11 is 0. The third-order valence-electron chi connectivity index (χ3n) is 3.25. The molecule has 1 unspecified atom stereocenters. The second-order valence-electron chi connectivity index (χ2n) is 5.23. The number of hydrogen-bond donors (Lipinski definition) is 2. The standard InChI is InChI=1S/C15H22N2O5/c1-4-17(8-7-12(18)19)15(21)13(10(2)3)16-14(20)11-6-5-9-22-11/h5-6,9-10,13H,4,7-8H2,1-3H3,(H,16,20)(H,18,19). The first kappa shape index (κ1) is 17.7. The number of carbonyl (C=O) groups excluding carboxylic acids is 2. The van der Waals surface area contributed by atoms with Gasteiger partial charge in [-0.25, -0.2) is 0 Å². The lowest BCUT2D eigenvalue weighted by Gasteiger charge is -2.28. The van der Waals surface area contributed by atoms with Crippen molar-refractivity contribution in [1.82, 2.24) is 10.2 Å². The van der Waals surface area contributed by atoms with Crippen LogP contribution in [0.3, 0.4) is 0 Å². The minimum atomic E-state index is -0.966. The van der Waals surface area contributed by atoms with Gasteiger partial charge in [-0.05, 0) is 25.0 Å². The van der Waals surface area contributed by atoms with Crippen LogP contribution < -0.4 is 5.32 Å². The minimum absolute atomic E-state index is 0.116. The van der Waals surface area contributed by atoms with Gasteiger partial charge in [-0.15, -0.1) is 0 Å². The highest BCUT2D eigenvalue weighted by molar-refractivity contribution is 5.95. The molecular formula is C15H22N2O5. The third kappa shape index (κ3) is 4.91. The molecule has 2 N–H and O–H groups in total. The van der Waals surface area contributed by atoms with E-state index in [1.165, 1.54) is 17.2 Å². The van der Waals surface area contributed by atoms with Crippen LogP contribution in [0.2, 0.25) is 0 Å².